The zero-order chi connectivity index (χ0) is 21.2. The molecule has 0 radical (unpaired) electrons. The quantitative estimate of drug-likeness (QED) is 0.768. The van der Waals surface area contributed by atoms with Crippen molar-refractivity contribution in [3.63, 3.8) is 0 Å². The first kappa shape index (κ1) is 21.4. The van der Waals surface area contributed by atoms with Crippen LogP contribution in [-0.2, 0) is 23.7 Å². The van der Waals surface area contributed by atoms with Gasteiger partial charge < -0.3 is 5.32 Å². The van der Waals surface area contributed by atoms with Crippen molar-refractivity contribution in [3.8, 4) is 0 Å². The van der Waals surface area contributed by atoms with Crippen molar-refractivity contribution in [2.75, 3.05) is 32.5 Å². The molecule has 1 amide bonds. The van der Waals surface area contributed by atoms with Crippen LogP contribution in [0.2, 0.25) is 0 Å². The molecule has 2 aromatic rings. The van der Waals surface area contributed by atoms with E-state index in [9.17, 15) is 17.6 Å². The lowest BCUT2D eigenvalue weighted by atomic mass is 9.92. The zero-order valence-corrected chi connectivity index (χ0v) is 17.6. The highest BCUT2D eigenvalue weighted by atomic mass is 32.2. The van der Waals surface area contributed by atoms with Crippen LogP contribution in [0, 0.1) is 11.7 Å². The number of rotatable bonds is 6. The number of amides is 1. The number of anilines is 1. The normalized spacial score (nSPS) is 16.3. The molecule has 10 heteroatoms. The number of aryl methyl sites for hydroxylation is 1. The Morgan fingerprint density at radius 2 is 1.86 bits per heavy atom. The molecular weight excluding hydrogens is 397 g/mol. The molecule has 1 N–H and O–H groups in total. The maximum atomic E-state index is 13.1. The molecule has 0 bridgehead atoms. The highest BCUT2D eigenvalue weighted by Gasteiger charge is 2.30. The Morgan fingerprint density at radius 1 is 1.24 bits per heavy atom. The van der Waals surface area contributed by atoms with E-state index in [1.54, 1.807) is 17.9 Å². The van der Waals surface area contributed by atoms with Gasteiger partial charge in [-0.15, -0.1) is 0 Å². The predicted octanol–water partition coefficient (Wildman–Crippen LogP) is 1.87. The number of aromatic nitrogens is 2. The maximum absolute atomic E-state index is 13.1. The van der Waals surface area contributed by atoms with Gasteiger partial charge in [-0.25, -0.2) is 4.39 Å². The number of nitrogens with one attached hydrogen (secondary N) is 1. The summed E-state index contributed by atoms with van der Waals surface area (Å²) >= 11 is 0. The lowest BCUT2D eigenvalue weighted by Crippen LogP contribution is -2.44. The first-order chi connectivity index (χ1) is 13.7. The summed E-state index contributed by atoms with van der Waals surface area (Å²) in [7, 11) is 1.42. The summed E-state index contributed by atoms with van der Waals surface area (Å²) in [5, 5.41) is 7.20. The van der Waals surface area contributed by atoms with E-state index in [0.717, 1.165) is 0 Å². The average molecular weight is 424 g/mol. The Morgan fingerprint density at radius 3 is 2.45 bits per heavy atom. The molecule has 0 unspecified atom stereocenters. The van der Waals surface area contributed by atoms with E-state index < -0.39 is 10.2 Å². The van der Waals surface area contributed by atoms with E-state index in [-0.39, 0.29) is 17.6 Å². The molecule has 1 saturated heterocycles. The van der Waals surface area contributed by atoms with Gasteiger partial charge in [0.05, 0.1) is 11.3 Å². The van der Waals surface area contributed by atoms with Gasteiger partial charge in [-0.3, -0.25) is 9.48 Å². The fourth-order valence-corrected chi connectivity index (χ4v) is 4.59. The summed E-state index contributed by atoms with van der Waals surface area (Å²) in [4.78, 5) is 12.7. The Balaban J connectivity index is 1.65. The van der Waals surface area contributed by atoms with Gasteiger partial charge in [0, 0.05) is 46.1 Å². The monoisotopic (exact) mass is 423 g/mol. The van der Waals surface area contributed by atoms with Crippen LogP contribution in [0.5, 0.6) is 0 Å². The molecule has 0 atom stereocenters. The van der Waals surface area contributed by atoms with Crippen LogP contribution >= 0.6 is 0 Å². The van der Waals surface area contributed by atoms with Crippen molar-refractivity contribution in [2.24, 2.45) is 13.0 Å². The molecule has 1 aromatic carbocycles. The molecule has 8 nitrogen and oxygen atoms in total. The first-order valence-corrected chi connectivity index (χ1v) is 10.8. The van der Waals surface area contributed by atoms with Gasteiger partial charge in [-0.1, -0.05) is 0 Å². The number of piperidine rings is 1. The van der Waals surface area contributed by atoms with E-state index in [2.05, 4.69) is 10.4 Å². The third kappa shape index (κ3) is 5.01. The van der Waals surface area contributed by atoms with Crippen molar-refractivity contribution in [3.05, 3.63) is 47.5 Å². The van der Waals surface area contributed by atoms with Crippen LogP contribution in [0.3, 0.4) is 0 Å². The predicted molar refractivity (Wildman–Crippen MR) is 108 cm³/mol. The topological polar surface area (TPSA) is 87.5 Å². The number of halogens is 1. The lowest BCUT2D eigenvalue weighted by molar-refractivity contribution is 0.102. The minimum Gasteiger partial charge on any atom is -0.322 e. The molecule has 0 spiro atoms. The summed E-state index contributed by atoms with van der Waals surface area (Å²) in [5.74, 6) is -0.420. The Labute approximate surface area is 170 Å². The Hall–Kier alpha value is -2.30. The molecule has 0 saturated carbocycles. The summed E-state index contributed by atoms with van der Waals surface area (Å²) < 4.78 is 41.9. The molecule has 2 heterocycles. The smallest absolute Gasteiger partial charge is 0.281 e. The number of hydrogen-bond acceptors (Lipinski definition) is 4. The number of carbonyl (C=O) groups is 1. The van der Waals surface area contributed by atoms with Gasteiger partial charge >= 0.3 is 0 Å². The van der Waals surface area contributed by atoms with Crippen molar-refractivity contribution < 1.29 is 17.6 Å². The van der Waals surface area contributed by atoms with Gasteiger partial charge in [0.1, 0.15) is 5.82 Å². The van der Waals surface area contributed by atoms with Crippen LogP contribution < -0.4 is 5.32 Å². The molecule has 158 valence electrons. The third-order valence-electron chi connectivity index (χ3n) is 5.10. The second-order valence-corrected chi connectivity index (χ2v) is 9.60. The van der Waals surface area contributed by atoms with E-state index in [0.29, 0.717) is 49.3 Å². The van der Waals surface area contributed by atoms with Crippen LogP contribution in [0.4, 0.5) is 10.1 Å². The SMILES string of the molecule is CN(C)S(=O)(=O)N1CCC(Cc2nn(C)cc2C(=O)Nc2ccc(F)cc2)CC1. The molecule has 0 aliphatic carbocycles. The van der Waals surface area contributed by atoms with Crippen LogP contribution in [-0.4, -0.2) is 59.9 Å². The zero-order valence-electron chi connectivity index (χ0n) is 16.8. The summed E-state index contributed by atoms with van der Waals surface area (Å²) in [5.41, 5.74) is 1.66. The number of hydrogen-bond donors (Lipinski definition) is 1. The molecular formula is C19H26FN5O3S. The van der Waals surface area contributed by atoms with E-state index in [1.165, 1.54) is 47.0 Å². The van der Waals surface area contributed by atoms with Crippen molar-refractivity contribution in [1.29, 1.82) is 0 Å². The van der Waals surface area contributed by atoms with Gasteiger partial charge in [0.25, 0.3) is 16.1 Å². The maximum Gasteiger partial charge on any atom is 0.281 e. The van der Waals surface area contributed by atoms with E-state index in [1.807, 2.05) is 0 Å². The molecule has 3 rings (SSSR count). The number of carbonyl (C=O) groups excluding carboxylic acids is 1. The van der Waals surface area contributed by atoms with E-state index >= 15 is 0 Å². The standard InChI is InChI=1S/C19H26FN5O3S/c1-23(2)29(27,28)25-10-8-14(9-11-25)12-18-17(13-24(3)22-18)19(26)21-16-6-4-15(20)5-7-16/h4-7,13-14H,8-12H2,1-3H3,(H,21,26). The fraction of sp³-hybridized carbons (Fsp3) is 0.474. The summed E-state index contributed by atoms with van der Waals surface area (Å²) in [6.45, 7) is 0.907. The second-order valence-electron chi connectivity index (χ2n) is 7.46. The molecule has 1 aliphatic rings. The molecule has 1 aliphatic heterocycles. The average Bonchev–Trinajstić information content (AvgIpc) is 3.04. The first-order valence-electron chi connectivity index (χ1n) is 9.44. The number of nitrogens with zero attached hydrogens (tertiary/aromatic N) is 4. The van der Waals surface area contributed by atoms with Crippen molar-refractivity contribution >= 4 is 21.8 Å². The Bertz CT molecular complexity index is 964. The lowest BCUT2D eigenvalue weighted by Gasteiger charge is -2.32. The number of benzene rings is 1. The van der Waals surface area contributed by atoms with Crippen molar-refractivity contribution in [1.82, 2.24) is 18.4 Å². The minimum atomic E-state index is -3.40. The Kier molecular flexibility index (Phi) is 6.35. The highest BCUT2D eigenvalue weighted by molar-refractivity contribution is 7.86. The largest absolute Gasteiger partial charge is 0.322 e. The van der Waals surface area contributed by atoms with Crippen LogP contribution in [0.1, 0.15) is 28.9 Å². The summed E-state index contributed by atoms with van der Waals surface area (Å²) in [6, 6.07) is 5.58. The van der Waals surface area contributed by atoms with Crippen LogP contribution in [0.25, 0.3) is 0 Å². The molecule has 1 fully saturated rings. The van der Waals surface area contributed by atoms with Gasteiger partial charge in [0.2, 0.25) is 0 Å². The van der Waals surface area contributed by atoms with Crippen molar-refractivity contribution in [2.45, 2.75) is 19.3 Å². The van der Waals surface area contributed by atoms with E-state index in [4.69, 9.17) is 0 Å². The summed E-state index contributed by atoms with van der Waals surface area (Å²) in [6.07, 6.45) is 3.69. The fourth-order valence-electron chi connectivity index (χ4n) is 3.46. The minimum absolute atomic E-state index is 0.246. The second kappa shape index (κ2) is 8.60. The highest BCUT2D eigenvalue weighted by Crippen LogP contribution is 2.25. The van der Waals surface area contributed by atoms with Gasteiger partial charge in [-0.05, 0) is 49.4 Å². The molecule has 29 heavy (non-hydrogen) atoms. The van der Waals surface area contributed by atoms with Gasteiger partial charge in [-0.2, -0.15) is 22.1 Å². The molecule has 1 aromatic heterocycles. The van der Waals surface area contributed by atoms with Crippen LogP contribution in [0.15, 0.2) is 30.5 Å². The van der Waals surface area contributed by atoms with Gasteiger partial charge in [0.15, 0.2) is 0 Å². The third-order valence-corrected chi connectivity index (χ3v) is 7.04.